The van der Waals surface area contributed by atoms with Gasteiger partial charge in [-0.3, -0.25) is 19.6 Å². The zero-order valence-electron chi connectivity index (χ0n) is 15.2. The molecule has 134 valence electrons. The number of carbonyl (C=O) groups is 1. The van der Waals surface area contributed by atoms with Gasteiger partial charge in [-0.15, -0.1) is 0 Å². The zero-order valence-corrected chi connectivity index (χ0v) is 15.2. The Labute approximate surface area is 148 Å². The van der Waals surface area contributed by atoms with Gasteiger partial charge in [-0.25, -0.2) is 4.98 Å². The third kappa shape index (κ3) is 2.33. The molecule has 0 bridgehead atoms. The molecule has 6 nitrogen and oxygen atoms in total. The van der Waals surface area contributed by atoms with E-state index in [0.29, 0.717) is 5.92 Å². The lowest BCUT2D eigenvalue weighted by atomic mass is 9.97. The van der Waals surface area contributed by atoms with Crippen LogP contribution in [0.25, 0.3) is 0 Å². The molecule has 3 heterocycles. The predicted molar refractivity (Wildman–Crippen MR) is 97.0 cm³/mol. The third-order valence-electron chi connectivity index (χ3n) is 6.17. The molecule has 0 N–H and O–H groups in total. The fourth-order valence-corrected chi connectivity index (χ4v) is 4.55. The highest BCUT2D eigenvalue weighted by Crippen LogP contribution is 2.54. The van der Waals surface area contributed by atoms with Crippen LogP contribution in [0, 0.1) is 11.8 Å². The number of guanidine groups is 1. The molecule has 0 unspecified atom stereocenters. The Bertz CT molecular complexity index is 731. The summed E-state index contributed by atoms with van der Waals surface area (Å²) in [6, 6.07) is 0. The van der Waals surface area contributed by atoms with Gasteiger partial charge in [0, 0.05) is 26.1 Å². The Morgan fingerprint density at radius 1 is 1.20 bits per heavy atom. The largest absolute Gasteiger partial charge is 0.325 e. The Morgan fingerprint density at radius 3 is 2.56 bits per heavy atom. The van der Waals surface area contributed by atoms with Crippen molar-refractivity contribution in [3.8, 4) is 0 Å². The monoisotopic (exact) mass is 341 g/mol. The summed E-state index contributed by atoms with van der Waals surface area (Å²) < 4.78 is 2.12. The van der Waals surface area contributed by atoms with Gasteiger partial charge in [-0.2, -0.15) is 0 Å². The highest BCUT2D eigenvalue weighted by Gasteiger charge is 2.47. The summed E-state index contributed by atoms with van der Waals surface area (Å²) >= 11 is 0. The number of imidazole rings is 1. The molecule has 1 aromatic rings. The molecule has 2 aliphatic carbocycles. The van der Waals surface area contributed by atoms with Crippen molar-refractivity contribution in [2.75, 3.05) is 24.5 Å². The van der Waals surface area contributed by atoms with Gasteiger partial charge >= 0.3 is 0 Å². The number of amides is 1. The number of anilines is 1. The summed E-state index contributed by atoms with van der Waals surface area (Å²) in [5, 5.41) is 0. The molecule has 0 saturated heterocycles. The number of nitrogens with zero attached hydrogens (tertiary/aromatic N) is 5. The average Bonchev–Trinajstić information content (AvgIpc) is 3.52. The summed E-state index contributed by atoms with van der Waals surface area (Å²) in [6.45, 7) is 4.50. The third-order valence-corrected chi connectivity index (χ3v) is 6.17. The van der Waals surface area contributed by atoms with Crippen LogP contribution in [0.4, 0.5) is 5.82 Å². The van der Waals surface area contributed by atoms with Crippen LogP contribution in [0.3, 0.4) is 0 Å². The lowest BCUT2D eigenvalue weighted by molar-refractivity contribution is 0.0830. The standard InChI is InChI=1S/C19H27N5O/c1-3-4-10-24-18(25)15-17(23-11-9-20-19(23)24)21-16(22(15)2)14(12-5-6-12)13-7-8-13/h12-14H,3-11H2,1-2H3. The Balaban J connectivity index is 1.57. The summed E-state index contributed by atoms with van der Waals surface area (Å²) in [7, 11) is 2.05. The smallest absolute Gasteiger partial charge is 0.281 e. The van der Waals surface area contributed by atoms with Gasteiger partial charge in [0.05, 0.1) is 6.54 Å². The summed E-state index contributed by atoms with van der Waals surface area (Å²) in [5.74, 6) is 5.04. The minimum absolute atomic E-state index is 0.0898. The van der Waals surface area contributed by atoms with Crippen LogP contribution in [0.15, 0.2) is 4.99 Å². The number of fused-ring (bicyclic) bond motifs is 3. The Morgan fingerprint density at radius 2 is 1.92 bits per heavy atom. The normalized spacial score (nSPS) is 22.5. The first-order valence-electron chi connectivity index (χ1n) is 9.91. The highest BCUT2D eigenvalue weighted by molar-refractivity contribution is 6.18. The van der Waals surface area contributed by atoms with Gasteiger partial charge < -0.3 is 4.57 Å². The van der Waals surface area contributed by atoms with Gasteiger partial charge in [-0.05, 0) is 43.9 Å². The second-order valence-corrected chi connectivity index (χ2v) is 8.05. The first-order chi connectivity index (χ1) is 12.2. The molecule has 25 heavy (non-hydrogen) atoms. The summed E-state index contributed by atoms with van der Waals surface area (Å²) in [5.41, 5.74) is 0.776. The van der Waals surface area contributed by atoms with Gasteiger partial charge in [0.15, 0.2) is 11.5 Å². The van der Waals surface area contributed by atoms with Gasteiger partial charge in [0.1, 0.15) is 5.82 Å². The molecule has 1 aromatic heterocycles. The average molecular weight is 341 g/mol. The van der Waals surface area contributed by atoms with E-state index in [9.17, 15) is 4.79 Å². The minimum atomic E-state index is 0.0898. The molecule has 0 aromatic carbocycles. The Kier molecular flexibility index (Phi) is 3.44. The van der Waals surface area contributed by atoms with Crippen LogP contribution in [-0.2, 0) is 7.05 Å². The quantitative estimate of drug-likeness (QED) is 0.799. The molecule has 2 aliphatic heterocycles. The number of rotatable bonds is 6. The highest BCUT2D eigenvalue weighted by atomic mass is 16.2. The summed E-state index contributed by atoms with van der Waals surface area (Å²) in [6.07, 6.45) is 7.38. The van der Waals surface area contributed by atoms with E-state index in [2.05, 4.69) is 21.4 Å². The van der Waals surface area contributed by atoms with Crippen LogP contribution in [0.1, 0.15) is 67.7 Å². The van der Waals surface area contributed by atoms with Crippen molar-refractivity contribution in [2.45, 2.75) is 51.4 Å². The van der Waals surface area contributed by atoms with E-state index in [0.717, 1.165) is 67.6 Å². The van der Waals surface area contributed by atoms with Crippen LogP contribution in [-0.4, -0.2) is 46.0 Å². The van der Waals surface area contributed by atoms with E-state index >= 15 is 0 Å². The van der Waals surface area contributed by atoms with Crippen molar-refractivity contribution in [1.82, 2.24) is 14.5 Å². The second kappa shape index (κ2) is 5.58. The molecule has 2 saturated carbocycles. The molecule has 0 radical (unpaired) electrons. The molecule has 4 aliphatic rings. The first-order valence-corrected chi connectivity index (χ1v) is 9.91. The van der Waals surface area contributed by atoms with Gasteiger partial charge in [0.25, 0.3) is 5.91 Å². The van der Waals surface area contributed by atoms with Crippen LogP contribution in [0.2, 0.25) is 0 Å². The fourth-order valence-electron chi connectivity index (χ4n) is 4.55. The lowest BCUT2D eigenvalue weighted by Gasteiger charge is -2.33. The van der Waals surface area contributed by atoms with Crippen molar-refractivity contribution in [1.29, 1.82) is 0 Å². The summed E-state index contributed by atoms with van der Waals surface area (Å²) in [4.78, 5) is 27.0. The van der Waals surface area contributed by atoms with E-state index in [-0.39, 0.29) is 5.91 Å². The van der Waals surface area contributed by atoms with Crippen LogP contribution < -0.4 is 4.90 Å². The molecule has 2 fully saturated rings. The maximum atomic E-state index is 13.3. The maximum absolute atomic E-state index is 13.3. The predicted octanol–water partition coefficient (Wildman–Crippen LogP) is 2.76. The van der Waals surface area contributed by atoms with Gasteiger partial charge in [-0.1, -0.05) is 13.3 Å². The maximum Gasteiger partial charge on any atom is 0.281 e. The number of hydrogen-bond acceptors (Lipinski definition) is 4. The van der Waals surface area contributed by atoms with Crippen molar-refractivity contribution in [3.05, 3.63) is 11.5 Å². The molecular formula is C19H27N5O. The fraction of sp³-hybridized carbons (Fsp3) is 0.737. The van der Waals surface area contributed by atoms with Crippen molar-refractivity contribution < 1.29 is 4.79 Å². The van der Waals surface area contributed by atoms with Crippen molar-refractivity contribution in [3.63, 3.8) is 0 Å². The van der Waals surface area contributed by atoms with Gasteiger partial charge in [0.2, 0.25) is 5.96 Å². The molecule has 6 heteroatoms. The molecule has 0 spiro atoms. The first kappa shape index (κ1) is 15.4. The van der Waals surface area contributed by atoms with Crippen LogP contribution in [0.5, 0.6) is 0 Å². The molecule has 0 atom stereocenters. The van der Waals surface area contributed by atoms with E-state index < -0.39 is 0 Å². The van der Waals surface area contributed by atoms with E-state index in [1.54, 1.807) is 0 Å². The number of carbonyl (C=O) groups excluding carboxylic acids is 1. The Hall–Kier alpha value is -1.85. The molecular weight excluding hydrogens is 314 g/mol. The molecule has 1 amide bonds. The van der Waals surface area contributed by atoms with Crippen molar-refractivity contribution in [2.24, 2.45) is 23.9 Å². The van der Waals surface area contributed by atoms with E-state index in [4.69, 9.17) is 4.98 Å². The minimum Gasteiger partial charge on any atom is -0.325 e. The number of hydrogen-bond donors (Lipinski definition) is 0. The SMILES string of the molecule is CCCCN1C(=O)c2c(nc(C(C3CC3)C3CC3)n2C)N2CCN=C12. The topological polar surface area (TPSA) is 53.7 Å². The number of aromatic nitrogens is 2. The zero-order chi connectivity index (χ0) is 17.1. The molecule has 5 rings (SSSR count). The number of aliphatic imine (C=N–C) groups is 1. The second-order valence-electron chi connectivity index (χ2n) is 8.05. The van der Waals surface area contributed by atoms with E-state index in [1.165, 1.54) is 25.7 Å². The van der Waals surface area contributed by atoms with E-state index in [1.807, 2.05) is 11.9 Å². The lowest BCUT2D eigenvalue weighted by Crippen LogP contribution is -2.51. The number of unbranched alkanes of at least 4 members (excludes halogenated alkanes) is 1. The van der Waals surface area contributed by atoms with Crippen molar-refractivity contribution >= 4 is 17.7 Å². The van der Waals surface area contributed by atoms with Crippen LogP contribution >= 0.6 is 0 Å².